The molecule has 0 radical (unpaired) electrons. The quantitative estimate of drug-likeness (QED) is 0.565. The minimum Gasteiger partial charge on any atom is -0.361 e. The number of unbranched alkanes of at least 4 members (excludes halogenated alkanes) is 6. The first-order valence-electron chi connectivity index (χ1n) is 9.18. The van der Waals surface area contributed by atoms with Gasteiger partial charge in [-0.15, -0.1) is 12.4 Å². The number of halogens is 1. The molecule has 1 aromatic rings. The van der Waals surface area contributed by atoms with Gasteiger partial charge in [0.1, 0.15) is 6.73 Å². The van der Waals surface area contributed by atoms with Crippen LogP contribution in [0.3, 0.4) is 0 Å². The monoisotopic (exact) mass is 351 g/mol. The Hall–Kier alpha value is -1.26. The highest BCUT2D eigenvalue weighted by Gasteiger charge is 2.34. The summed E-state index contributed by atoms with van der Waals surface area (Å²) in [6.45, 7) is 5.60. The topological polar surface area (TPSA) is 28.1 Å². The van der Waals surface area contributed by atoms with E-state index in [1.54, 1.807) is 0 Å². The molecule has 2 heterocycles. The first-order chi connectivity index (χ1) is 11.4. The number of benzene rings is 1. The molecule has 0 saturated carbocycles. The van der Waals surface area contributed by atoms with Gasteiger partial charge in [-0.2, -0.15) is 0 Å². The maximum atomic E-state index is 5.93. The average Bonchev–Trinajstić information content (AvgIpc) is 3.15. The average molecular weight is 352 g/mol. The summed E-state index contributed by atoms with van der Waals surface area (Å²) in [5, 5.41) is 0. The molecular weight excluding hydrogens is 322 g/mol. The molecule has 0 spiro atoms. The van der Waals surface area contributed by atoms with Gasteiger partial charge in [-0.1, -0.05) is 57.6 Å². The van der Waals surface area contributed by atoms with Crippen molar-refractivity contribution in [2.45, 2.75) is 51.9 Å². The molecule has 0 amide bonds. The minimum atomic E-state index is 0. The predicted octanol–water partition coefficient (Wildman–Crippen LogP) is 4.83. The maximum Gasteiger partial charge on any atom is 0.207 e. The molecule has 2 aliphatic heterocycles. The van der Waals surface area contributed by atoms with Gasteiger partial charge in [0.2, 0.25) is 5.96 Å². The van der Waals surface area contributed by atoms with Crippen molar-refractivity contribution in [1.82, 2.24) is 0 Å². The van der Waals surface area contributed by atoms with Crippen molar-refractivity contribution in [3.63, 3.8) is 0 Å². The fourth-order valence-electron chi connectivity index (χ4n) is 3.37. The van der Waals surface area contributed by atoms with Crippen LogP contribution < -0.4 is 9.80 Å². The van der Waals surface area contributed by atoms with Crippen molar-refractivity contribution in [3.05, 3.63) is 24.3 Å². The maximum absolute atomic E-state index is 5.93. The lowest BCUT2D eigenvalue weighted by molar-refractivity contribution is 0.137. The third-order valence-corrected chi connectivity index (χ3v) is 4.64. The Morgan fingerprint density at radius 1 is 1.00 bits per heavy atom. The van der Waals surface area contributed by atoms with Crippen molar-refractivity contribution in [2.75, 3.05) is 36.2 Å². The second kappa shape index (κ2) is 9.90. The van der Waals surface area contributed by atoms with Gasteiger partial charge in [-0.05, 0) is 18.6 Å². The summed E-state index contributed by atoms with van der Waals surface area (Å²) in [7, 11) is 0. The van der Waals surface area contributed by atoms with Gasteiger partial charge in [-0.25, -0.2) is 0 Å². The van der Waals surface area contributed by atoms with Crippen LogP contribution in [0.25, 0.3) is 0 Å². The molecule has 1 aromatic carbocycles. The normalized spacial score (nSPS) is 15.1. The minimum absolute atomic E-state index is 0. The van der Waals surface area contributed by atoms with Crippen molar-refractivity contribution >= 4 is 29.7 Å². The molecule has 0 bridgehead atoms. The Labute approximate surface area is 152 Å². The van der Waals surface area contributed by atoms with Crippen LogP contribution in [0.15, 0.2) is 29.3 Å². The summed E-state index contributed by atoms with van der Waals surface area (Å²) >= 11 is 0. The van der Waals surface area contributed by atoms with Crippen LogP contribution >= 0.6 is 12.4 Å². The lowest BCUT2D eigenvalue weighted by Gasteiger charge is -2.19. The van der Waals surface area contributed by atoms with Gasteiger partial charge in [0, 0.05) is 13.2 Å². The Kier molecular flexibility index (Phi) is 7.86. The highest BCUT2D eigenvalue weighted by Crippen LogP contribution is 2.38. The Morgan fingerprint density at radius 2 is 1.71 bits per heavy atom. The van der Waals surface area contributed by atoms with E-state index in [2.05, 4.69) is 46.0 Å². The number of anilines is 2. The molecule has 4 nitrogen and oxygen atoms in total. The zero-order chi connectivity index (χ0) is 15.9. The molecule has 24 heavy (non-hydrogen) atoms. The molecule has 0 unspecified atom stereocenters. The van der Waals surface area contributed by atoms with Crippen LogP contribution in [0.2, 0.25) is 0 Å². The van der Waals surface area contributed by atoms with E-state index in [0.29, 0.717) is 6.73 Å². The van der Waals surface area contributed by atoms with E-state index in [0.717, 1.165) is 32.1 Å². The van der Waals surface area contributed by atoms with Gasteiger partial charge < -0.3 is 9.64 Å². The number of nitrogens with zero attached hydrogens (tertiary/aromatic N) is 3. The van der Waals surface area contributed by atoms with Crippen molar-refractivity contribution in [3.8, 4) is 0 Å². The highest BCUT2D eigenvalue weighted by atomic mass is 35.5. The van der Waals surface area contributed by atoms with E-state index in [1.165, 1.54) is 49.9 Å². The Morgan fingerprint density at radius 3 is 2.50 bits per heavy atom. The van der Waals surface area contributed by atoms with Gasteiger partial charge in [0.05, 0.1) is 17.9 Å². The standard InChI is InChI=1S/C19H29N3O.ClH/c1-2-3-4-5-6-7-10-15-23-16-22-18-12-9-8-11-17(18)21-14-13-20-19(21)22;/h8-9,11-12H,2-7,10,13-16H2,1H3;1H. The fourth-order valence-corrected chi connectivity index (χ4v) is 3.37. The lowest BCUT2D eigenvalue weighted by Crippen LogP contribution is -2.36. The summed E-state index contributed by atoms with van der Waals surface area (Å²) < 4.78 is 5.93. The molecule has 2 aliphatic rings. The van der Waals surface area contributed by atoms with E-state index in [9.17, 15) is 0 Å². The van der Waals surface area contributed by atoms with Crippen LogP contribution in [-0.4, -0.2) is 32.4 Å². The SMILES string of the molecule is CCCCCCCCCOCN1C2=NCCN2c2ccccc21.Cl. The molecule has 0 fully saturated rings. The first-order valence-corrected chi connectivity index (χ1v) is 9.18. The van der Waals surface area contributed by atoms with Crippen LogP contribution in [-0.2, 0) is 4.74 Å². The van der Waals surface area contributed by atoms with Crippen LogP contribution in [0.4, 0.5) is 11.4 Å². The number of guanidine groups is 1. The van der Waals surface area contributed by atoms with Crippen LogP contribution in [0, 0.1) is 0 Å². The van der Waals surface area contributed by atoms with E-state index >= 15 is 0 Å². The molecular formula is C19H30ClN3O. The van der Waals surface area contributed by atoms with Crippen LogP contribution in [0.5, 0.6) is 0 Å². The van der Waals surface area contributed by atoms with Crippen molar-refractivity contribution in [1.29, 1.82) is 0 Å². The van der Waals surface area contributed by atoms with Gasteiger partial charge in [-0.3, -0.25) is 9.89 Å². The van der Waals surface area contributed by atoms with Crippen molar-refractivity contribution in [2.24, 2.45) is 4.99 Å². The summed E-state index contributed by atoms with van der Waals surface area (Å²) in [6, 6.07) is 8.52. The number of rotatable bonds is 10. The first kappa shape index (κ1) is 19.1. The Balaban J connectivity index is 0.00000208. The zero-order valence-corrected chi connectivity index (χ0v) is 15.6. The lowest BCUT2D eigenvalue weighted by atomic mass is 10.1. The number of aliphatic imine (C=N–C) groups is 1. The molecule has 0 N–H and O–H groups in total. The highest BCUT2D eigenvalue weighted by molar-refractivity contribution is 6.16. The molecule has 0 aromatic heterocycles. The second-order valence-corrected chi connectivity index (χ2v) is 6.41. The molecule has 5 heteroatoms. The summed E-state index contributed by atoms with van der Waals surface area (Å²) in [4.78, 5) is 9.15. The smallest absolute Gasteiger partial charge is 0.207 e. The third-order valence-electron chi connectivity index (χ3n) is 4.64. The van der Waals surface area contributed by atoms with E-state index in [1.807, 2.05) is 0 Å². The summed E-state index contributed by atoms with van der Waals surface area (Å²) in [5.74, 6) is 1.06. The number of hydrogen-bond acceptors (Lipinski definition) is 4. The fraction of sp³-hybridized carbons (Fsp3) is 0.632. The third kappa shape index (κ3) is 4.42. The molecule has 0 saturated heterocycles. The van der Waals surface area contributed by atoms with E-state index in [-0.39, 0.29) is 12.4 Å². The molecule has 0 atom stereocenters. The van der Waals surface area contributed by atoms with Crippen molar-refractivity contribution < 1.29 is 4.74 Å². The van der Waals surface area contributed by atoms with Gasteiger partial charge >= 0.3 is 0 Å². The second-order valence-electron chi connectivity index (χ2n) is 6.41. The van der Waals surface area contributed by atoms with Gasteiger partial charge in [0.15, 0.2) is 0 Å². The summed E-state index contributed by atoms with van der Waals surface area (Å²) in [6.07, 6.45) is 9.25. The Bertz CT molecular complexity index is 535. The number of fused-ring (bicyclic) bond motifs is 3. The number of para-hydroxylation sites is 2. The number of hydrogen-bond donors (Lipinski definition) is 0. The number of ether oxygens (including phenoxy) is 1. The van der Waals surface area contributed by atoms with E-state index < -0.39 is 0 Å². The van der Waals surface area contributed by atoms with Gasteiger partial charge in [0.25, 0.3) is 0 Å². The summed E-state index contributed by atoms with van der Waals surface area (Å²) in [5.41, 5.74) is 2.49. The van der Waals surface area contributed by atoms with E-state index in [4.69, 9.17) is 4.74 Å². The zero-order valence-electron chi connectivity index (χ0n) is 14.7. The predicted molar refractivity (Wildman–Crippen MR) is 105 cm³/mol. The van der Waals surface area contributed by atoms with Crippen LogP contribution in [0.1, 0.15) is 51.9 Å². The largest absolute Gasteiger partial charge is 0.361 e. The molecule has 134 valence electrons. The molecule has 3 rings (SSSR count). The molecule has 0 aliphatic carbocycles.